The van der Waals surface area contributed by atoms with E-state index in [1.807, 2.05) is 4.90 Å². The molecule has 2 saturated heterocycles. The average molecular weight is 521 g/mol. The van der Waals surface area contributed by atoms with Crippen molar-refractivity contribution in [3.8, 4) is 0 Å². The van der Waals surface area contributed by atoms with Crippen LogP contribution >= 0.6 is 0 Å². The average Bonchev–Trinajstić information content (AvgIpc) is 3.52. The second-order valence-electron chi connectivity index (χ2n) is 9.22. The van der Waals surface area contributed by atoms with Gasteiger partial charge in [-0.1, -0.05) is 0 Å². The molecule has 0 bridgehead atoms. The van der Waals surface area contributed by atoms with E-state index >= 15 is 0 Å². The Bertz CT molecular complexity index is 1520. The maximum Gasteiger partial charge on any atom is 0.239 e. The number of halogens is 3. The first-order valence-corrected chi connectivity index (χ1v) is 12.2. The van der Waals surface area contributed by atoms with Gasteiger partial charge in [-0.25, -0.2) is 27.7 Å². The van der Waals surface area contributed by atoms with Gasteiger partial charge in [-0.05, 0) is 42.5 Å². The summed E-state index contributed by atoms with van der Waals surface area (Å²) in [4.78, 5) is 28.3. The number of hydrogen-bond acceptors (Lipinski definition) is 7. The monoisotopic (exact) mass is 520 g/mol. The number of piperazine rings is 1. The highest BCUT2D eigenvalue weighted by molar-refractivity contribution is 5.82. The fourth-order valence-electron chi connectivity index (χ4n) is 4.84. The molecule has 9 nitrogen and oxygen atoms in total. The van der Waals surface area contributed by atoms with E-state index in [1.54, 1.807) is 52.3 Å². The lowest BCUT2D eigenvalue weighted by Gasteiger charge is -2.27. The Hall–Kier alpha value is -4.48. The molecule has 194 valence electrons. The van der Waals surface area contributed by atoms with Crippen LogP contribution in [-0.4, -0.2) is 62.8 Å². The van der Waals surface area contributed by atoms with Crippen LogP contribution in [0, 0.1) is 11.6 Å². The Kier molecular flexibility index (Phi) is 6.14. The summed E-state index contributed by atoms with van der Waals surface area (Å²) in [5, 5.41) is 7.41. The van der Waals surface area contributed by atoms with Crippen LogP contribution in [0.15, 0.2) is 48.9 Å². The van der Waals surface area contributed by atoms with Crippen LogP contribution in [0.5, 0.6) is 0 Å². The molecular weight excluding hydrogens is 497 g/mol. The van der Waals surface area contributed by atoms with Crippen LogP contribution in [0.3, 0.4) is 0 Å². The third-order valence-corrected chi connectivity index (χ3v) is 6.68. The minimum atomic E-state index is -1.21. The van der Waals surface area contributed by atoms with E-state index in [-0.39, 0.29) is 31.0 Å². The van der Waals surface area contributed by atoms with E-state index in [0.717, 1.165) is 18.2 Å². The fourth-order valence-corrected chi connectivity index (χ4v) is 4.84. The molecular formula is C26H23F3N8O. The highest BCUT2D eigenvalue weighted by atomic mass is 19.1. The van der Waals surface area contributed by atoms with Gasteiger partial charge in [-0.2, -0.15) is 0 Å². The number of nitrogens with one attached hydrogen (secondary N) is 1. The van der Waals surface area contributed by atoms with Gasteiger partial charge in [0.2, 0.25) is 5.91 Å². The van der Waals surface area contributed by atoms with Gasteiger partial charge < -0.3 is 15.1 Å². The number of aromatic nitrogens is 5. The van der Waals surface area contributed by atoms with Crippen molar-refractivity contribution < 1.29 is 18.0 Å². The molecule has 38 heavy (non-hydrogen) atoms. The van der Waals surface area contributed by atoms with Crippen LogP contribution in [0.25, 0.3) is 17.8 Å². The van der Waals surface area contributed by atoms with Gasteiger partial charge in [0.25, 0.3) is 0 Å². The lowest BCUT2D eigenvalue weighted by Crippen LogP contribution is -2.48. The Balaban J connectivity index is 1.25. The maximum atomic E-state index is 14.5. The van der Waals surface area contributed by atoms with E-state index in [1.165, 1.54) is 0 Å². The van der Waals surface area contributed by atoms with Crippen molar-refractivity contribution in [3.05, 3.63) is 77.5 Å². The van der Waals surface area contributed by atoms with Crippen molar-refractivity contribution in [1.29, 1.82) is 0 Å². The molecule has 12 heteroatoms. The lowest BCUT2D eigenvalue weighted by atomic mass is 10.0. The first-order chi connectivity index (χ1) is 18.4. The minimum Gasteiger partial charge on any atom is -0.353 e. The van der Waals surface area contributed by atoms with Gasteiger partial charge in [0.05, 0.1) is 49.1 Å². The molecule has 0 radical (unpaired) electrons. The molecule has 6 rings (SSSR count). The zero-order chi connectivity index (χ0) is 26.2. The van der Waals surface area contributed by atoms with Crippen molar-refractivity contribution in [2.24, 2.45) is 0 Å². The third kappa shape index (κ3) is 4.64. The van der Waals surface area contributed by atoms with Crippen molar-refractivity contribution in [2.45, 2.75) is 18.6 Å². The van der Waals surface area contributed by atoms with Crippen LogP contribution in [0.2, 0.25) is 0 Å². The molecule has 5 heterocycles. The molecule has 3 aromatic heterocycles. The lowest BCUT2D eigenvalue weighted by molar-refractivity contribution is -0.120. The number of fused-ring (bicyclic) bond motifs is 1. The largest absolute Gasteiger partial charge is 0.353 e. The Labute approximate surface area is 215 Å². The summed E-state index contributed by atoms with van der Waals surface area (Å²) in [5.74, 6) is -0.164. The van der Waals surface area contributed by atoms with Gasteiger partial charge in [0, 0.05) is 25.1 Å². The number of amides is 1. The topological polar surface area (TPSA) is 91.6 Å². The molecule has 1 aromatic carbocycles. The molecule has 0 saturated carbocycles. The molecule has 0 spiro atoms. The number of alkyl halides is 1. The quantitative estimate of drug-likeness (QED) is 0.432. The molecule has 0 aliphatic carbocycles. The molecule has 4 aromatic rings. The summed E-state index contributed by atoms with van der Waals surface area (Å²) in [6, 6.07) is 5.97. The molecule has 0 unspecified atom stereocenters. The highest BCUT2D eigenvalue weighted by Gasteiger charge is 2.36. The van der Waals surface area contributed by atoms with Crippen molar-refractivity contribution in [3.63, 3.8) is 0 Å². The van der Waals surface area contributed by atoms with Crippen LogP contribution < -0.4 is 15.1 Å². The van der Waals surface area contributed by atoms with E-state index in [4.69, 9.17) is 0 Å². The first kappa shape index (κ1) is 23.9. The van der Waals surface area contributed by atoms with Crippen molar-refractivity contribution in [1.82, 2.24) is 29.9 Å². The summed E-state index contributed by atoms with van der Waals surface area (Å²) in [7, 11) is 0. The summed E-state index contributed by atoms with van der Waals surface area (Å²) < 4.78 is 44.5. The fraction of sp³-hybridized carbons (Fsp3) is 0.269. The van der Waals surface area contributed by atoms with E-state index < -0.39 is 23.8 Å². The minimum absolute atomic E-state index is 0.0135. The van der Waals surface area contributed by atoms with Crippen LogP contribution in [-0.2, 0) is 4.79 Å². The molecule has 1 amide bonds. The normalized spacial score (nSPS) is 20.0. The molecule has 2 fully saturated rings. The Morgan fingerprint density at radius 2 is 1.89 bits per heavy atom. The number of carbonyl (C=O) groups excluding carboxylic acids is 1. The zero-order valence-electron chi connectivity index (χ0n) is 20.1. The summed E-state index contributed by atoms with van der Waals surface area (Å²) in [6.07, 6.45) is 7.25. The van der Waals surface area contributed by atoms with Gasteiger partial charge in [-0.15, -0.1) is 5.10 Å². The van der Waals surface area contributed by atoms with Crippen molar-refractivity contribution in [2.75, 3.05) is 36.0 Å². The Morgan fingerprint density at radius 1 is 1.00 bits per heavy atom. The summed E-state index contributed by atoms with van der Waals surface area (Å²) in [5.41, 5.74) is 1.92. The summed E-state index contributed by atoms with van der Waals surface area (Å²) >= 11 is 0. The number of imidazole rings is 1. The number of carbonyl (C=O) groups is 1. The maximum absolute atomic E-state index is 14.5. The van der Waals surface area contributed by atoms with E-state index in [0.29, 0.717) is 41.8 Å². The SMILES string of the molecule is O=C1CN(c2cnc(/C=C/c3cnc4ccc(N5C[C@@H](F)C[C@@H]5c5cc(F)ccc5F)nn34)cn2)CCN1. The van der Waals surface area contributed by atoms with Gasteiger partial charge in [0.1, 0.15) is 29.4 Å². The van der Waals surface area contributed by atoms with Crippen LogP contribution in [0.1, 0.15) is 29.4 Å². The second kappa shape index (κ2) is 9.77. The molecule has 2 aliphatic heterocycles. The van der Waals surface area contributed by atoms with E-state index in [2.05, 4.69) is 25.4 Å². The smallest absolute Gasteiger partial charge is 0.239 e. The van der Waals surface area contributed by atoms with E-state index in [9.17, 15) is 18.0 Å². The molecule has 2 atom stereocenters. The molecule has 1 N–H and O–H groups in total. The number of anilines is 2. The third-order valence-electron chi connectivity index (χ3n) is 6.68. The predicted octanol–water partition coefficient (Wildman–Crippen LogP) is 3.19. The van der Waals surface area contributed by atoms with Gasteiger partial charge in [-0.3, -0.25) is 9.78 Å². The number of rotatable bonds is 5. The standard InChI is InChI=1S/C26H23F3N8O/c27-16-1-4-21(29)20(9-16)22-10-17(28)14-36(22)24-6-5-23-33-12-19(37(23)34-24)3-2-18-11-32-25(13-31-18)35-8-7-30-26(38)15-35/h1-6,9,11-13,17,22H,7-8,10,14-15H2,(H,30,38)/b3-2+/t17-,22+/m0/s1. The summed E-state index contributed by atoms with van der Waals surface area (Å²) in [6.45, 7) is 1.48. The number of hydrogen-bond donors (Lipinski definition) is 1. The Morgan fingerprint density at radius 3 is 2.71 bits per heavy atom. The first-order valence-electron chi connectivity index (χ1n) is 12.2. The highest BCUT2D eigenvalue weighted by Crippen LogP contribution is 2.38. The second-order valence-corrected chi connectivity index (χ2v) is 9.22. The predicted molar refractivity (Wildman–Crippen MR) is 135 cm³/mol. The van der Waals surface area contributed by atoms with Crippen molar-refractivity contribution >= 4 is 35.3 Å². The van der Waals surface area contributed by atoms with Crippen LogP contribution in [0.4, 0.5) is 24.8 Å². The van der Waals surface area contributed by atoms with Gasteiger partial charge in [0.15, 0.2) is 5.65 Å². The number of nitrogens with zero attached hydrogens (tertiary/aromatic N) is 7. The molecule has 2 aliphatic rings. The van der Waals surface area contributed by atoms with Gasteiger partial charge >= 0.3 is 0 Å². The zero-order valence-corrected chi connectivity index (χ0v) is 20.1. The number of benzene rings is 1.